The first-order valence-electron chi connectivity index (χ1n) is 16.7. The van der Waals surface area contributed by atoms with Gasteiger partial charge < -0.3 is 24.2 Å². The van der Waals surface area contributed by atoms with Crippen LogP contribution in [-0.4, -0.2) is 69.2 Å². The molecular weight excluding hydrogens is 590 g/mol. The van der Waals surface area contributed by atoms with E-state index in [1.807, 2.05) is 28.8 Å². The van der Waals surface area contributed by atoms with Crippen molar-refractivity contribution >= 4 is 11.9 Å². The van der Waals surface area contributed by atoms with E-state index < -0.39 is 29.6 Å². The number of aliphatic hydroxyl groups excluding tert-OH is 1. The maximum absolute atomic E-state index is 16.2. The van der Waals surface area contributed by atoms with Crippen LogP contribution in [0, 0.1) is 23.0 Å². The number of aromatic nitrogens is 2. The van der Waals surface area contributed by atoms with E-state index in [-0.39, 0.29) is 35.3 Å². The first-order valence-corrected chi connectivity index (χ1v) is 16.7. The number of rotatable bonds is 9. The topological polar surface area (TPSA) is 87.9 Å². The number of benzene rings is 2. The summed E-state index contributed by atoms with van der Waals surface area (Å²) in [6, 6.07) is 7.71. The first kappa shape index (κ1) is 29.8. The molecule has 3 aliphatic carbocycles. The van der Waals surface area contributed by atoms with Crippen molar-refractivity contribution in [2.75, 3.05) is 32.8 Å². The number of aliphatic hydroxyl groups is 1. The molecule has 3 saturated carbocycles. The number of likely N-dealkylation sites (tertiary alicyclic amines) is 1. The lowest BCUT2D eigenvalue weighted by atomic mass is 9.33. The summed E-state index contributed by atoms with van der Waals surface area (Å²) in [5.41, 5.74) is 3.20. The molecule has 2 aromatic carbocycles. The summed E-state index contributed by atoms with van der Waals surface area (Å²) in [6.45, 7) is 5.85. The molecule has 3 aliphatic heterocycles. The third-order valence-electron chi connectivity index (χ3n) is 11.5. The quantitative estimate of drug-likeness (QED) is 0.329. The van der Waals surface area contributed by atoms with Crippen molar-refractivity contribution in [3.63, 3.8) is 0 Å². The van der Waals surface area contributed by atoms with Gasteiger partial charge in [0.25, 0.3) is 5.91 Å². The van der Waals surface area contributed by atoms with Crippen LogP contribution >= 0.6 is 0 Å². The van der Waals surface area contributed by atoms with E-state index >= 15 is 8.78 Å². The monoisotopic (exact) mass is 630 g/mol. The molecule has 4 heterocycles. The van der Waals surface area contributed by atoms with Crippen molar-refractivity contribution in [3.8, 4) is 11.1 Å². The molecule has 1 N–H and O–H groups in total. The molecule has 1 amide bonds. The molecule has 0 radical (unpaired) electrons. The molecule has 242 valence electrons. The molecule has 9 rings (SSSR count). The number of esters is 1. The first-order chi connectivity index (χ1) is 22.2. The van der Waals surface area contributed by atoms with Crippen LogP contribution in [0.5, 0.6) is 0 Å². The van der Waals surface area contributed by atoms with Gasteiger partial charge in [0, 0.05) is 36.5 Å². The van der Waals surface area contributed by atoms with Gasteiger partial charge in [-0.25, -0.2) is 18.6 Å². The Labute approximate surface area is 267 Å². The van der Waals surface area contributed by atoms with Crippen LogP contribution in [0.15, 0.2) is 36.7 Å². The summed E-state index contributed by atoms with van der Waals surface area (Å²) >= 11 is 0. The van der Waals surface area contributed by atoms with Gasteiger partial charge in [-0.1, -0.05) is 24.3 Å². The van der Waals surface area contributed by atoms with Crippen LogP contribution < -0.4 is 0 Å². The third kappa shape index (κ3) is 4.54. The van der Waals surface area contributed by atoms with E-state index in [0.29, 0.717) is 35.6 Å². The lowest BCUT2D eigenvalue weighted by molar-refractivity contribution is -0.158. The van der Waals surface area contributed by atoms with E-state index in [4.69, 9.17) is 4.74 Å². The van der Waals surface area contributed by atoms with E-state index in [9.17, 15) is 14.7 Å². The van der Waals surface area contributed by atoms with Gasteiger partial charge in [-0.05, 0) is 98.9 Å². The zero-order valence-electron chi connectivity index (χ0n) is 26.2. The zero-order valence-corrected chi connectivity index (χ0v) is 26.2. The van der Waals surface area contributed by atoms with Crippen LogP contribution in [0.25, 0.3) is 11.1 Å². The highest BCUT2D eigenvalue weighted by atomic mass is 19.1. The highest BCUT2D eigenvalue weighted by molar-refractivity contribution is 6.02. The van der Waals surface area contributed by atoms with Crippen molar-refractivity contribution in [2.24, 2.45) is 11.3 Å². The van der Waals surface area contributed by atoms with Crippen LogP contribution in [0.1, 0.15) is 84.4 Å². The molecular formula is C36H40F2N4O4. The standard InChI is InChI=1S/C36H40F2N4O4/c1-2-46-34(45)32(31-28-4-3-11-41(28)21-39-31)42-15-26-27(37)14-25(30(38)29(26)33(42)44)23-5-7-24(8-6-23)36-17-35(18-36,19-36)20-40-12-9-22(16-43)10-13-40/h5-8,14,21-22,32,43H,2-4,9-13,15-20H2,1H3/t32-,35?,36?/m1/s1. The molecule has 1 atom stereocenters. The molecule has 1 saturated heterocycles. The van der Waals surface area contributed by atoms with Crippen LogP contribution in [-0.2, 0) is 34.5 Å². The lowest BCUT2D eigenvalue weighted by Gasteiger charge is -2.72. The summed E-state index contributed by atoms with van der Waals surface area (Å²) in [5.74, 6) is -2.39. The number of hydrogen-bond donors (Lipinski definition) is 1. The van der Waals surface area contributed by atoms with Crippen LogP contribution in [0.4, 0.5) is 8.78 Å². The third-order valence-corrected chi connectivity index (χ3v) is 11.5. The largest absolute Gasteiger partial charge is 0.464 e. The molecule has 10 heteroatoms. The highest BCUT2D eigenvalue weighted by Crippen LogP contribution is 2.73. The second-order valence-electron chi connectivity index (χ2n) is 14.3. The maximum atomic E-state index is 16.2. The van der Waals surface area contributed by atoms with Crippen molar-refractivity contribution < 1.29 is 28.2 Å². The fourth-order valence-corrected chi connectivity index (χ4v) is 9.26. The predicted molar refractivity (Wildman–Crippen MR) is 166 cm³/mol. The normalized spacial score (nSPS) is 26.0. The summed E-state index contributed by atoms with van der Waals surface area (Å²) < 4.78 is 39.1. The number of ether oxygens (including phenoxy) is 1. The van der Waals surface area contributed by atoms with Gasteiger partial charge in [0.15, 0.2) is 6.04 Å². The average Bonchev–Trinajstić information content (AvgIpc) is 3.74. The maximum Gasteiger partial charge on any atom is 0.335 e. The van der Waals surface area contributed by atoms with E-state index in [1.54, 1.807) is 13.3 Å². The van der Waals surface area contributed by atoms with E-state index in [2.05, 4.69) is 9.88 Å². The fraction of sp³-hybridized carbons (Fsp3) is 0.528. The van der Waals surface area contributed by atoms with E-state index in [0.717, 1.165) is 70.4 Å². The number of imidazole rings is 1. The number of hydrogen-bond acceptors (Lipinski definition) is 6. The summed E-state index contributed by atoms with van der Waals surface area (Å²) in [5, 5.41) is 9.44. The summed E-state index contributed by atoms with van der Waals surface area (Å²) in [7, 11) is 0. The predicted octanol–water partition coefficient (Wildman–Crippen LogP) is 5.16. The van der Waals surface area contributed by atoms with Crippen molar-refractivity contribution in [1.82, 2.24) is 19.4 Å². The number of fused-ring (bicyclic) bond motifs is 2. The van der Waals surface area contributed by atoms with E-state index in [1.165, 1.54) is 16.5 Å². The average molecular weight is 631 g/mol. The molecule has 0 spiro atoms. The number of piperidine rings is 1. The van der Waals surface area contributed by atoms with Crippen molar-refractivity contribution in [2.45, 2.75) is 76.4 Å². The molecule has 3 aromatic rings. The molecule has 2 bridgehead atoms. The molecule has 1 aromatic heterocycles. The Morgan fingerprint density at radius 2 is 1.87 bits per heavy atom. The van der Waals surface area contributed by atoms with Crippen molar-refractivity contribution in [3.05, 3.63) is 76.4 Å². The van der Waals surface area contributed by atoms with Gasteiger partial charge in [0.05, 0.1) is 30.7 Å². The molecule has 4 fully saturated rings. The zero-order chi connectivity index (χ0) is 31.8. The Kier molecular flexibility index (Phi) is 7.10. The number of aryl methyl sites for hydroxylation is 1. The Morgan fingerprint density at radius 1 is 1.13 bits per heavy atom. The van der Waals surface area contributed by atoms with Crippen molar-refractivity contribution in [1.29, 1.82) is 0 Å². The smallest absolute Gasteiger partial charge is 0.335 e. The summed E-state index contributed by atoms with van der Waals surface area (Å²) in [6.07, 6.45) is 8.83. The Balaban J connectivity index is 1.01. The molecule has 8 nitrogen and oxygen atoms in total. The highest BCUT2D eigenvalue weighted by Gasteiger charge is 2.68. The molecule has 46 heavy (non-hydrogen) atoms. The number of nitrogens with zero attached hydrogens (tertiary/aromatic N) is 4. The molecule has 0 unspecified atom stereocenters. The summed E-state index contributed by atoms with van der Waals surface area (Å²) in [4.78, 5) is 35.2. The van der Waals surface area contributed by atoms with Gasteiger partial charge in [-0.15, -0.1) is 0 Å². The Bertz CT molecular complexity index is 1690. The molecule has 6 aliphatic rings. The Hall–Kier alpha value is -3.63. The van der Waals surface area contributed by atoms with Crippen LogP contribution in [0.3, 0.4) is 0 Å². The number of amides is 1. The minimum absolute atomic E-state index is 0.0360. The fourth-order valence-electron chi connectivity index (χ4n) is 9.26. The minimum Gasteiger partial charge on any atom is -0.464 e. The van der Waals surface area contributed by atoms with Gasteiger partial charge >= 0.3 is 5.97 Å². The Morgan fingerprint density at radius 3 is 2.57 bits per heavy atom. The number of halogens is 2. The van der Waals surface area contributed by atoms with Crippen LogP contribution in [0.2, 0.25) is 0 Å². The second kappa shape index (κ2) is 11.0. The number of carbonyl (C=O) groups excluding carboxylic acids is 2. The SMILES string of the molecule is CCOC(=O)[C@@H](c1ncn2c1CCC2)N1Cc2c(F)cc(-c3ccc(C45CC(CN6CCC(CO)CC6)(C4)C5)cc3)c(F)c2C1=O. The second-order valence-corrected chi connectivity index (χ2v) is 14.3. The lowest BCUT2D eigenvalue weighted by Crippen LogP contribution is -2.68. The van der Waals surface area contributed by atoms with Gasteiger partial charge in [0.1, 0.15) is 11.6 Å². The van der Waals surface area contributed by atoms with Gasteiger partial charge in [-0.2, -0.15) is 0 Å². The van der Waals surface area contributed by atoms with Gasteiger partial charge in [0.2, 0.25) is 0 Å². The van der Waals surface area contributed by atoms with Gasteiger partial charge in [-0.3, -0.25) is 4.79 Å². The minimum atomic E-state index is -1.18. The number of carbonyl (C=O) groups is 2.